The Labute approximate surface area is 188 Å². The molecular weight excluding hydrogens is 404 g/mol. The van der Waals surface area contributed by atoms with Gasteiger partial charge in [-0.3, -0.25) is 10.00 Å². The molecule has 168 valence electrons. The van der Waals surface area contributed by atoms with Crippen molar-refractivity contribution in [1.29, 1.82) is 0 Å². The van der Waals surface area contributed by atoms with Crippen LogP contribution in [0.3, 0.4) is 0 Å². The summed E-state index contributed by atoms with van der Waals surface area (Å²) in [5, 5.41) is 10.6. The third kappa shape index (κ3) is 5.13. The standard InChI is InChI=1S/C24H30N6O2/c1-16-25-14-19(15-26-16)21-13-23(30(2)29-21)28-24(31)27-22-12-17(9-10-32-3)11-20(22)18-7-5-4-6-8-18/h4-8,13-15,17,20,22H,9-12H2,1-3H3,(H2,27,28,31)/t17?,20-,22+/m0/s1. The first-order chi connectivity index (χ1) is 15.5. The molecular formula is C24H30N6O2. The summed E-state index contributed by atoms with van der Waals surface area (Å²) in [5.41, 5.74) is 2.78. The van der Waals surface area contributed by atoms with E-state index in [0.29, 0.717) is 23.3 Å². The molecule has 1 aliphatic rings. The second-order valence-electron chi connectivity index (χ2n) is 8.40. The van der Waals surface area contributed by atoms with E-state index < -0.39 is 0 Å². The molecule has 2 N–H and O–H groups in total. The molecule has 1 unspecified atom stereocenters. The van der Waals surface area contributed by atoms with Crippen molar-refractivity contribution in [1.82, 2.24) is 25.1 Å². The van der Waals surface area contributed by atoms with Crippen LogP contribution in [0.15, 0.2) is 48.8 Å². The van der Waals surface area contributed by atoms with E-state index in [1.54, 1.807) is 31.2 Å². The summed E-state index contributed by atoms with van der Waals surface area (Å²) in [6, 6.07) is 12.1. The average molecular weight is 435 g/mol. The number of nitrogens with zero attached hydrogens (tertiary/aromatic N) is 4. The third-order valence-electron chi connectivity index (χ3n) is 6.13. The van der Waals surface area contributed by atoms with Gasteiger partial charge < -0.3 is 10.1 Å². The molecule has 3 atom stereocenters. The molecule has 2 heterocycles. The third-order valence-corrected chi connectivity index (χ3v) is 6.13. The van der Waals surface area contributed by atoms with Crippen LogP contribution in [-0.4, -0.2) is 45.5 Å². The second-order valence-corrected chi connectivity index (χ2v) is 8.40. The maximum atomic E-state index is 12.9. The molecule has 0 bridgehead atoms. The molecule has 0 aliphatic heterocycles. The Morgan fingerprint density at radius 2 is 1.94 bits per heavy atom. The van der Waals surface area contributed by atoms with Gasteiger partial charge in [0.15, 0.2) is 0 Å². The summed E-state index contributed by atoms with van der Waals surface area (Å²) in [6.45, 7) is 2.58. The van der Waals surface area contributed by atoms with Crippen molar-refractivity contribution in [3.63, 3.8) is 0 Å². The van der Waals surface area contributed by atoms with E-state index in [1.165, 1.54) is 5.56 Å². The monoisotopic (exact) mass is 434 g/mol. The SMILES string of the molecule is COCCC1C[C@@H](NC(=O)Nc2cc(-c3cnc(C)nc3)nn2C)[C@H](c2ccccc2)C1. The lowest BCUT2D eigenvalue weighted by Gasteiger charge is -2.21. The van der Waals surface area contributed by atoms with Crippen molar-refractivity contribution in [2.75, 3.05) is 19.0 Å². The van der Waals surface area contributed by atoms with Crippen LogP contribution in [0.2, 0.25) is 0 Å². The number of hydrogen-bond donors (Lipinski definition) is 2. The average Bonchev–Trinajstić information content (AvgIpc) is 3.36. The fourth-order valence-corrected chi connectivity index (χ4v) is 4.46. The van der Waals surface area contributed by atoms with Crippen molar-refractivity contribution in [2.45, 2.75) is 38.1 Å². The van der Waals surface area contributed by atoms with Crippen LogP contribution < -0.4 is 10.6 Å². The summed E-state index contributed by atoms with van der Waals surface area (Å²) in [5.74, 6) is 2.13. The van der Waals surface area contributed by atoms with Gasteiger partial charge in [0.05, 0.1) is 5.69 Å². The maximum Gasteiger partial charge on any atom is 0.320 e. The molecule has 8 heteroatoms. The number of nitrogens with one attached hydrogen (secondary N) is 2. The zero-order valence-electron chi connectivity index (χ0n) is 18.8. The van der Waals surface area contributed by atoms with Gasteiger partial charge in [0.2, 0.25) is 0 Å². The van der Waals surface area contributed by atoms with Gasteiger partial charge in [0, 0.05) is 56.7 Å². The highest BCUT2D eigenvalue weighted by molar-refractivity contribution is 5.89. The van der Waals surface area contributed by atoms with Crippen molar-refractivity contribution >= 4 is 11.8 Å². The quantitative estimate of drug-likeness (QED) is 0.588. The Morgan fingerprint density at radius 1 is 1.19 bits per heavy atom. The number of carbonyl (C=O) groups excluding carboxylic acids is 1. The van der Waals surface area contributed by atoms with Gasteiger partial charge in [-0.2, -0.15) is 5.10 Å². The predicted molar refractivity (Wildman–Crippen MR) is 123 cm³/mol. The van der Waals surface area contributed by atoms with Crippen molar-refractivity contribution < 1.29 is 9.53 Å². The topological polar surface area (TPSA) is 94.0 Å². The predicted octanol–water partition coefficient (Wildman–Crippen LogP) is 3.91. The summed E-state index contributed by atoms with van der Waals surface area (Å²) < 4.78 is 6.93. The first-order valence-corrected chi connectivity index (χ1v) is 11.0. The summed E-state index contributed by atoms with van der Waals surface area (Å²) in [7, 11) is 3.54. The van der Waals surface area contributed by atoms with Crippen LogP contribution in [-0.2, 0) is 11.8 Å². The highest BCUT2D eigenvalue weighted by Crippen LogP contribution is 2.40. The number of anilines is 1. The molecule has 0 spiro atoms. The molecule has 2 aromatic heterocycles. The Bertz CT molecular complexity index is 1030. The van der Waals surface area contributed by atoms with Crippen molar-refractivity contribution in [3.8, 4) is 11.3 Å². The van der Waals surface area contributed by atoms with E-state index in [9.17, 15) is 4.79 Å². The van der Waals surface area contributed by atoms with Crippen LogP contribution in [0.25, 0.3) is 11.3 Å². The second kappa shape index (κ2) is 9.91. The number of methoxy groups -OCH3 is 1. The number of benzene rings is 1. The lowest BCUT2D eigenvalue weighted by Crippen LogP contribution is -2.39. The van der Waals surface area contributed by atoms with Crippen LogP contribution in [0.4, 0.5) is 10.6 Å². The van der Waals surface area contributed by atoms with Gasteiger partial charge >= 0.3 is 6.03 Å². The normalized spacial score (nSPS) is 20.3. The van der Waals surface area contributed by atoms with Gasteiger partial charge in [0.25, 0.3) is 0 Å². The number of hydrogen-bond acceptors (Lipinski definition) is 5. The van der Waals surface area contributed by atoms with E-state index in [-0.39, 0.29) is 18.0 Å². The van der Waals surface area contributed by atoms with Gasteiger partial charge in [-0.25, -0.2) is 14.8 Å². The van der Waals surface area contributed by atoms with Crippen LogP contribution in [0.5, 0.6) is 0 Å². The molecule has 4 rings (SSSR count). The fourth-order valence-electron chi connectivity index (χ4n) is 4.46. The lowest BCUT2D eigenvalue weighted by molar-refractivity contribution is 0.177. The van der Waals surface area contributed by atoms with Crippen LogP contribution in [0.1, 0.15) is 36.6 Å². The summed E-state index contributed by atoms with van der Waals surface area (Å²) in [6.07, 6.45) is 6.45. The van der Waals surface area contributed by atoms with Gasteiger partial charge in [0.1, 0.15) is 11.6 Å². The zero-order chi connectivity index (χ0) is 22.5. The highest BCUT2D eigenvalue weighted by Gasteiger charge is 2.36. The summed E-state index contributed by atoms with van der Waals surface area (Å²) in [4.78, 5) is 21.3. The number of rotatable bonds is 7. The van der Waals surface area contributed by atoms with Crippen molar-refractivity contribution in [3.05, 3.63) is 60.2 Å². The molecule has 1 aromatic carbocycles. The number of aromatic nitrogens is 4. The van der Waals surface area contributed by atoms with Crippen LogP contribution in [0, 0.1) is 12.8 Å². The smallest absolute Gasteiger partial charge is 0.320 e. The lowest BCUT2D eigenvalue weighted by atomic mass is 9.93. The van der Waals surface area contributed by atoms with Gasteiger partial charge in [-0.15, -0.1) is 0 Å². The van der Waals surface area contributed by atoms with E-state index in [4.69, 9.17) is 4.74 Å². The van der Waals surface area contributed by atoms with Crippen LogP contribution >= 0.6 is 0 Å². The Balaban J connectivity index is 1.44. The molecule has 1 fully saturated rings. The first-order valence-electron chi connectivity index (χ1n) is 11.0. The molecule has 8 nitrogen and oxygen atoms in total. The molecule has 0 saturated heterocycles. The number of aryl methyl sites for hydroxylation is 2. The van der Waals surface area contributed by atoms with E-state index in [1.807, 2.05) is 19.1 Å². The number of amides is 2. The molecule has 1 aliphatic carbocycles. The first kappa shape index (κ1) is 22.0. The minimum atomic E-state index is -0.224. The van der Waals surface area contributed by atoms with E-state index in [0.717, 1.165) is 31.4 Å². The van der Waals surface area contributed by atoms with E-state index >= 15 is 0 Å². The molecule has 1 saturated carbocycles. The Morgan fingerprint density at radius 3 is 2.66 bits per heavy atom. The number of carbonyl (C=O) groups is 1. The molecule has 3 aromatic rings. The molecule has 0 radical (unpaired) electrons. The van der Waals surface area contributed by atoms with Gasteiger partial charge in [-0.05, 0) is 37.7 Å². The van der Waals surface area contributed by atoms with E-state index in [2.05, 4.69) is 50.0 Å². The van der Waals surface area contributed by atoms with Gasteiger partial charge in [-0.1, -0.05) is 30.3 Å². The fraction of sp³-hybridized carbons (Fsp3) is 0.417. The summed E-state index contributed by atoms with van der Waals surface area (Å²) >= 11 is 0. The molecule has 32 heavy (non-hydrogen) atoms. The minimum absolute atomic E-state index is 0.0671. The minimum Gasteiger partial charge on any atom is -0.385 e. The maximum absolute atomic E-state index is 12.9. The van der Waals surface area contributed by atoms with Crippen molar-refractivity contribution in [2.24, 2.45) is 13.0 Å². The Hall–Kier alpha value is -3.26. The Kier molecular flexibility index (Phi) is 6.80. The number of ether oxygens (including phenoxy) is 1. The molecule has 2 amide bonds. The largest absolute Gasteiger partial charge is 0.385 e. The number of urea groups is 1. The highest BCUT2D eigenvalue weighted by atomic mass is 16.5. The zero-order valence-corrected chi connectivity index (χ0v) is 18.8.